The summed E-state index contributed by atoms with van der Waals surface area (Å²) in [5, 5.41) is 6.72. The fourth-order valence-electron chi connectivity index (χ4n) is 2.98. The molecule has 6 heteroatoms. The van der Waals surface area contributed by atoms with Crippen LogP contribution in [0.5, 0.6) is 0 Å². The van der Waals surface area contributed by atoms with E-state index in [9.17, 15) is 0 Å². The molecule has 0 spiro atoms. The monoisotopic (exact) mass is 403 g/mol. The molecule has 27 heavy (non-hydrogen) atoms. The first-order valence-corrected chi connectivity index (χ1v) is 11.0. The smallest absolute Gasteiger partial charge is 0.180 e. The topological polar surface area (TPSA) is 51.8 Å². The standard InChI is InChI=1S/C21H29N3OS2/c1-19(2,3)15-12-26-17(24-15)9-21(6,7)18-23-14(11-27-18)8-20(4,5)16-10-22-13-25-16/h10-13H,8-9H2,1-7H3. The lowest BCUT2D eigenvalue weighted by atomic mass is 9.85. The maximum absolute atomic E-state index is 5.51. The van der Waals surface area contributed by atoms with E-state index >= 15 is 0 Å². The van der Waals surface area contributed by atoms with Gasteiger partial charge in [0.15, 0.2) is 6.39 Å². The van der Waals surface area contributed by atoms with Crippen molar-refractivity contribution < 1.29 is 4.42 Å². The lowest BCUT2D eigenvalue weighted by Gasteiger charge is -2.22. The summed E-state index contributed by atoms with van der Waals surface area (Å²) in [7, 11) is 0. The Bertz CT molecular complexity index is 883. The fourth-order valence-corrected chi connectivity index (χ4v) is 5.17. The number of oxazole rings is 1. The molecule has 0 aromatic carbocycles. The SMILES string of the molecule is CC(C)(C)c1csc(CC(C)(C)c2nc(CC(C)(C)c3cnco3)cs2)n1. The van der Waals surface area contributed by atoms with Gasteiger partial charge >= 0.3 is 0 Å². The van der Waals surface area contributed by atoms with Crippen LogP contribution >= 0.6 is 22.7 Å². The Morgan fingerprint density at radius 3 is 2.22 bits per heavy atom. The van der Waals surface area contributed by atoms with Crippen LogP contribution in [0.1, 0.15) is 75.6 Å². The number of hydrogen-bond acceptors (Lipinski definition) is 6. The second-order valence-electron chi connectivity index (χ2n) is 9.51. The number of aromatic nitrogens is 3. The molecule has 0 N–H and O–H groups in total. The van der Waals surface area contributed by atoms with Crippen molar-refractivity contribution in [3.8, 4) is 0 Å². The summed E-state index contributed by atoms with van der Waals surface area (Å²) in [6.45, 7) is 15.5. The van der Waals surface area contributed by atoms with Crippen LogP contribution in [0.4, 0.5) is 0 Å². The molecular weight excluding hydrogens is 374 g/mol. The van der Waals surface area contributed by atoms with Gasteiger partial charge in [-0.15, -0.1) is 22.7 Å². The minimum atomic E-state index is -0.122. The van der Waals surface area contributed by atoms with E-state index in [1.165, 1.54) is 22.1 Å². The molecule has 4 nitrogen and oxygen atoms in total. The summed E-state index contributed by atoms with van der Waals surface area (Å²) in [5.74, 6) is 0.897. The second kappa shape index (κ2) is 7.13. The Morgan fingerprint density at radius 2 is 1.63 bits per heavy atom. The molecule has 0 fully saturated rings. The van der Waals surface area contributed by atoms with Gasteiger partial charge in [0.1, 0.15) is 5.76 Å². The summed E-state index contributed by atoms with van der Waals surface area (Å²) in [6.07, 6.45) is 5.03. The van der Waals surface area contributed by atoms with Crippen molar-refractivity contribution in [3.05, 3.63) is 50.5 Å². The minimum Gasteiger partial charge on any atom is -0.448 e. The zero-order valence-electron chi connectivity index (χ0n) is 17.3. The molecule has 0 radical (unpaired) electrons. The molecular formula is C21H29N3OS2. The number of rotatable bonds is 6. The normalized spacial score (nSPS) is 13.3. The van der Waals surface area contributed by atoms with Crippen LogP contribution in [-0.2, 0) is 29.1 Å². The van der Waals surface area contributed by atoms with Crippen molar-refractivity contribution in [2.75, 3.05) is 0 Å². The molecule has 0 saturated carbocycles. The maximum atomic E-state index is 5.51. The van der Waals surface area contributed by atoms with Gasteiger partial charge < -0.3 is 4.42 Å². The Labute approximate surface area is 170 Å². The highest BCUT2D eigenvalue weighted by Gasteiger charge is 2.30. The lowest BCUT2D eigenvalue weighted by molar-refractivity contribution is 0.378. The molecule has 0 aliphatic carbocycles. The predicted molar refractivity (Wildman–Crippen MR) is 113 cm³/mol. The van der Waals surface area contributed by atoms with E-state index in [2.05, 4.69) is 64.2 Å². The summed E-state index contributed by atoms with van der Waals surface area (Å²) < 4.78 is 5.51. The van der Waals surface area contributed by atoms with Crippen molar-refractivity contribution in [2.45, 2.75) is 77.6 Å². The number of hydrogen-bond donors (Lipinski definition) is 0. The van der Waals surface area contributed by atoms with E-state index < -0.39 is 0 Å². The Balaban J connectivity index is 1.73. The van der Waals surface area contributed by atoms with Crippen molar-refractivity contribution in [3.63, 3.8) is 0 Å². The van der Waals surface area contributed by atoms with Crippen LogP contribution < -0.4 is 0 Å². The summed E-state index contributed by atoms with van der Waals surface area (Å²) in [4.78, 5) is 13.9. The summed E-state index contributed by atoms with van der Waals surface area (Å²) in [6, 6.07) is 0. The van der Waals surface area contributed by atoms with Gasteiger partial charge in [0.05, 0.1) is 27.6 Å². The van der Waals surface area contributed by atoms with Crippen LogP contribution in [0, 0.1) is 0 Å². The van der Waals surface area contributed by atoms with Crippen LogP contribution in [0.25, 0.3) is 0 Å². The zero-order valence-corrected chi connectivity index (χ0v) is 18.9. The van der Waals surface area contributed by atoms with Gasteiger partial charge in [-0.25, -0.2) is 15.0 Å². The molecule has 0 aliphatic heterocycles. The molecule has 3 aromatic rings. The van der Waals surface area contributed by atoms with E-state index in [-0.39, 0.29) is 16.2 Å². The van der Waals surface area contributed by atoms with E-state index in [1.807, 2.05) is 0 Å². The maximum Gasteiger partial charge on any atom is 0.180 e. The van der Waals surface area contributed by atoms with Gasteiger partial charge in [-0.3, -0.25) is 0 Å². The number of nitrogens with zero attached hydrogens (tertiary/aromatic N) is 3. The Kier molecular flexibility index (Phi) is 5.34. The molecule has 3 heterocycles. The van der Waals surface area contributed by atoms with Gasteiger partial charge in [-0.05, 0) is 0 Å². The second-order valence-corrected chi connectivity index (χ2v) is 11.3. The van der Waals surface area contributed by atoms with E-state index in [1.54, 1.807) is 28.9 Å². The molecule has 3 aromatic heterocycles. The van der Waals surface area contributed by atoms with Crippen LogP contribution in [0.15, 0.2) is 27.8 Å². The highest BCUT2D eigenvalue weighted by Crippen LogP contribution is 2.34. The van der Waals surface area contributed by atoms with Crippen LogP contribution in [0.2, 0.25) is 0 Å². The number of thiazole rings is 2. The zero-order chi connectivity index (χ0) is 19.9. The molecule has 0 saturated heterocycles. The van der Waals surface area contributed by atoms with Gasteiger partial charge in [0.25, 0.3) is 0 Å². The molecule has 146 valence electrons. The average Bonchev–Trinajstić information content (AvgIpc) is 3.27. The fraction of sp³-hybridized carbons (Fsp3) is 0.571. The third-order valence-electron chi connectivity index (χ3n) is 4.77. The minimum absolute atomic E-state index is 0.0354. The predicted octanol–water partition coefficient (Wildman–Crippen LogP) is 5.93. The molecule has 3 rings (SSSR count). The van der Waals surface area contributed by atoms with Crippen molar-refractivity contribution in [2.24, 2.45) is 0 Å². The van der Waals surface area contributed by atoms with Crippen molar-refractivity contribution in [1.82, 2.24) is 15.0 Å². The Morgan fingerprint density at radius 1 is 0.889 bits per heavy atom. The molecule has 0 atom stereocenters. The van der Waals surface area contributed by atoms with E-state index in [0.29, 0.717) is 0 Å². The molecule has 0 unspecified atom stereocenters. The van der Waals surface area contributed by atoms with Crippen LogP contribution in [-0.4, -0.2) is 15.0 Å². The molecule has 0 amide bonds. The quantitative estimate of drug-likeness (QED) is 0.512. The summed E-state index contributed by atoms with van der Waals surface area (Å²) in [5.41, 5.74) is 2.22. The van der Waals surface area contributed by atoms with Gasteiger partial charge in [-0.2, -0.15) is 0 Å². The largest absolute Gasteiger partial charge is 0.448 e. The molecule has 0 bridgehead atoms. The molecule has 0 aliphatic rings. The van der Waals surface area contributed by atoms with Gasteiger partial charge in [0, 0.05) is 39.8 Å². The van der Waals surface area contributed by atoms with E-state index in [0.717, 1.165) is 24.3 Å². The highest BCUT2D eigenvalue weighted by molar-refractivity contribution is 7.10. The third kappa shape index (κ3) is 4.66. The Hall–Kier alpha value is -1.53. The first kappa shape index (κ1) is 20.2. The van der Waals surface area contributed by atoms with Crippen molar-refractivity contribution in [1.29, 1.82) is 0 Å². The van der Waals surface area contributed by atoms with Crippen LogP contribution in [0.3, 0.4) is 0 Å². The first-order chi connectivity index (χ1) is 12.5. The first-order valence-electron chi connectivity index (χ1n) is 9.26. The lowest BCUT2D eigenvalue weighted by Crippen LogP contribution is -2.22. The van der Waals surface area contributed by atoms with E-state index in [4.69, 9.17) is 14.4 Å². The van der Waals surface area contributed by atoms with Crippen molar-refractivity contribution >= 4 is 22.7 Å². The average molecular weight is 404 g/mol. The van der Waals surface area contributed by atoms with Gasteiger partial charge in [-0.1, -0.05) is 48.5 Å². The highest BCUT2D eigenvalue weighted by atomic mass is 32.1. The third-order valence-corrected chi connectivity index (χ3v) is 6.87. The van der Waals surface area contributed by atoms with Gasteiger partial charge in [0.2, 0.25) is 0 Å². The summed E-state index contributed by atoms with van der Waals surface area (Å²) >= 11 is 3.50.